The zero-order valence-corrected chi connectivity index (χ0v) is 20.0. The first-order valence-electron chi connectivity index (χ1n) is 11.1. The lowest BCUT2D eigenvalue weighted by atomic mass is 9.86. The Morgan fingerprint density at radius 1 is 1.06 bits per heavy atom. The van der Waals surface area contributed by atoms with E-state index in [1.54, 1.807) is 25.4 Å². The van der Waals surface area contributed by atoms with Crippen molar-refractivity contribution in [2.75, 3.05) is 17.7 Å². The summed E-state index contributed by atoms with van der Waals surface area (Å²) in [7, 11) is 1.55. The predicted molar refractivity (Wildman–Crippen MR) is 136 cm³/mol. The molecule has 2 aromatic carbocycles. The van der Waals surface area contributed by atoms with Gasteiger partial charge >= 0.3 is 6.03 Å². The molecule has 0 atom stereocenters. The van der Waals surface area contributed by atoms with Crippen LogP contribution < -0.4 is 16.0 Å². The SMILES string of the molecule is CNC(=O)Nc1cc(-c2cccc(NC(=O)c3ccc(C(C)(C)C#N)cc3)c2C)cn2ccnc12. The molecule has 3 N–H and O–H groups in total. The Morgan fingerprint density at radius 2 is 1.80 bits per heavy atom. The monoisotopic (exact) mass is 466 g/mol. The lowest BCUT2D eigenvalue weighted by Crippen LogP contribution is -2.24. The van der Waals surface area contributed by atoms with Gasteiger partial charge in [0.25, 0.3) is 5.91 Å². The number of rotatable bonds is 5. The summed E-state index contributed by atoms with van der Waals surface area (Å²) in [6.45, 7) is 5.62. The maximum atomic E-state index is 13.0. The fourth-order valence-corrected chi connectivity index (χ4v) is 3.84. The molecule has 3 amide bonds. The minimum Gasteiger partial charge on any atom is -0.341 e. The molecule has 35 heavy (non-hydrogen) atoms. The normalized spacial score (nSPS) is 11.1. The average Bonchev–Trinajstić information content (AvgIpc) is 3.34. The van der Waals surface area contributed by atoms with Crippen molar-refractivity contribution in [3.63, 3.8) is 0 Å². The molecule has 0 spiro atoms. The number of benzene rings is 2. The van der Waals surface area contributed by atoms with Gasteiger partial charge < -0.3 is 20.4 Å². The van der Waals surface area contributed by atoms with Gasteiger partial charge in [0.05, 0.1) is 17.2 Å². The third-order valence-electron chi connectivity index (χ3n) is 6.00. The van der Waals surface area contributed by atoms with Crippen LogP contribution in [0.1, 0.15) is 35.3 Å². The molecule has 0 aliphatic carbocycles. The Morgan fingerprint density at radius 3 is 2.49 bits per heavy atom. The van der Waals surface area contributed by atoms with Crippen LogP contribution in [0.25, 0.3) is 16.8 Å². The number of anilines is 2. The summed E-state index contributed by atoms with van der Waals surface area (Å²) in [5.41, 5.74) is 5.26. The maximum Gasteiger partial charge on any atom is 0.319 e. The number of urea groups is 1. The van der Waals surface area contributed by atoms with E-state index < -0.39 is 5.41 Å². The standard InChI is InChI=1S/C27H26N6O2/c1-17-21(19-14-23(32-26(35)29-4)24-30-12-13-33(24)15-19)6-5-7-22(17)31-25(34)18-8-10-20(11-9-18)27(2,3)16-28/h5-15H,1-4H3,(H,31,34)(H2,29,32,35). The van der Waals surface area contributed by atoms with Gasteiger partial charge in [-0.15, -0.1) is 0 Å². The number of aromatic nitrogens is 2. The summed E-state index contributed by atoms with van der Waals surface area (Å²) in [6, 6.07) is 16.6. The second-order valence-electron chi connectivity index (χ2n) is 8.75. The Kier molecular flexibility index (Phi) is 6.26. The highest BCUT2D eigenvalue weighted by Gasteiger charge is 2.20. The molecule has 4 rings (SSSR count). The number of nitriles is 1. The first-order chi connectivity index (χ1) is 16.7. The minimum absolute atomic E-state index is 0.237. The van der Waals surface area contributed by atoms with Crippen LogP contribution in [0.4, 0.5) is 16.2 Å². The average molecular weight is 467 g/mol. The first kappa shape index (κ1) is 23.5. The number of hydrogen-bond donors (Lipinski definition) is 3. The molecule has 0 unspecified atom stereocenters. The van der Waals surface area contributed by atoms with Crippen LogP contribution in [-0.4, -0.2) is 28.4 Å². The van der Waals surface area contributed by atoms with E-state index in [1.807, 2.05) is 74.0 Å². The number of amides is 3. The van der Waals surface area contributed by atoms with Crippen molar-refractivity contribution in [1.82, 2.24) is 14.7 Å². The van der Waals surface area contributed by atoms with Crippen LogP contribution in [0.5, 0.6) is 0 Å². The van der Waals surface area contributed by atoms with Gasteiger partial charge in [-0.05, 0) is 61.7 Å². The lowest BCUT2D eigenvalue weighted by molar-refractivity contribution is 0.102. The van der Waals surface area contributed by atoms with Gasteiger partial charge in [0.2, 0.25) is 0 Å². The smallest absolute Gasteiger partial charge is 0.319 e. The van der Waals surface area contributed by atoms with Crippen LogP contribution in [0.3, 0.4) is 0 Å². The third kappa shape index (κ3) is 4.70. The molecule has 8 heteroatoms. The summed E-state index contributed by atoms with van der Waals surface area (Å²) < 4.78 is 1.84. The number of hydrogen-bond acceptors (Lipinski definition) is 4. The molecule has 4 aromatic rings. The zero-order valence-electron chi connectivity index (χ0n) is 20.0. The molecule has 0 radical (unpaired) electrons. The minimum atomic E-state index is -0.623. The van der Waals surface area contributed by atoms with Crippen molar-refractivity contribution in [2.45, 2.75) is 26.2 Å². The van der Waals surface area contributed by atoms with Crippen LogP contribution in [0, 0.1) is 18.3 Å². The number of nitrogens with zero attached hydrogens (tertiary/aromatic N) is 3. The molecule has 2 aromatic heterocycles. The summed E-state index contributed by atoms with van der Waals surface area (Å²) in [6.07, 6.45) is 5.41. The molecular formula is C27H26N6O2. The first-order valence-corrected chi connectivity index (χ1v) is 11.1. The molecule has 0 fully saturated rings. The molecule has 0 aliphatic rings. The van der Waals surface area contributed by atoms with Gasteiger partial charge in [0.15, 0.2) is 5.65 Å². The van der Waals surface area contributed by atoms with Crippen molar-refractivity contribution in [2.24, 2.45) is 0 Å². The van der Waals surface area contributed by atoms with E-state index in [0.717, 1.165) is 22.3 Å². The van der Waals surface area contributed by atoms with Gasteiger partial charge in [-0.2, -0.15) is 5.26 Å². The summed E-state index contributed by atoms with van der Waals surface area (Å²) in [5.74, 6) is -0.237. The number of fused-ring (bicyclic) bond motifs is 1. The van der Waals surface area contributed by atoms with Crippen molar-refractivity contribution in [1.29, 1.82) is 5.26 Å². The van der Waals surface area contributed by atoms with E-state index in [4.69, 9.17) is 0 Å². The van der Waals surface area contributed by atoms with Crippen LogP contribution in [0.15, 0.2) is 67.1 Å². The Hall–Kier alpha value is -4.64. The van der Waals surface area contributed by atoms with Crippen LogP contribution in [-0.2, 0) is 5.41 Å². The predicted octanol–water partition coefficient (Wildman–Crippen LogP) is 5.11. The van der Waals surface area contributed by atoms with Crippen molar-refractivity contribution >= 4 is 29.0 Å². The summed E-state index contributed by atoms with van der Waals surface area (Å²) in [4.78, 5) is 29.2. The van der Waals surface area contributed by atoms with Crippen molar-refractivity contribution < 1.29 is 9.59 Å². The Balaban J connectivity index is 1.64. The highest BCUT2D eigenvalue weighted by molar-refractivity contribution is 6.05. The number of nitrogens with one attached hydrogen (secondary N) is 3. The van der Waals surface area contributed by atoms with Gasteiger partial charge in [-0.25, -0.2) is 9.78 Å². The second-order valence-corrected chi connectivity index (χ2v) is 8.75. The van der Waals surface area contributed by atoms with Crippen LogP contribution >= 0.6 is 0 Å². The van der Waals surface area contributed by atoms with E-state index in [2.05, 4.69) is 27.0 Å². The highest BCUT2D eigenvalue weighted by Crippen LogP contribution is 2.32. The molecule has 0 aliphatic heterocycles. The van der Waals surface area contributed by atoms with Gasteiger partial charge in [-0.1, -0.05) is 24.3 Å². The van der Waals surface area contributed by atoms with E-state index in [-0.39, 0.29) is 11.9 Å². The number of carbonyl (C=O) groups is 2. The van der Waals surface area contributed by atoms with E-state index in [0.29, 0.717) is 22.6 Å². The molecule has 0 bridgehead atoms. The summed E-state index contributed by atoms with van der Waals surface area (Å²) in [5, 5.41) is 17.7. The topological polar surface area (TPSA) is 111 Å². The Bertz CT molecular complexity index is 1460. The largest absolute Gasteiger partial charge is 0.341 e. The second kappa shape index (κ2) is 9.31. The number of carbonyl (C=O) groups excluding carboxylic acids is 2. The van der Waals surface area contributed by atoms with Crippen LogP contribution in [0.2, 0.25) is 0 Å². The highest BCUT2D eigenvalue weighted by atomic mass is 16.2. The van der Waals surface area contributed by atoms with Gasteiger partial charge in [0.1, 0.15) is 0 Å². The zero-order chi connectivity index (χ0) is 25.2. The number of imidazole rings is 1. The van der Waals surface area contributed by atoms with Crippen molar-refractivity contribution in [3.8, 4) is 17.2 Å². The fourth-order valence-electron chi connectivity index (χ4n) is 3.84. The fraction of sp³-hybridized carbons (Fsp3) is 0.185. The Labute approximate surface area is 203 Å². The molecular weight excluding hydrogens is 440 g/mol. The quantitative estimate of drug-likeness (QED) is 0.379. The maximum absolute atomic E-state index is 13.0. The van der Waals surface area contributed by atoms with E-state index in [1.165, 1.54) is 0 Å². The van der Waals surface area contributed by atoms with Gasteiger partial charge in [-0.3, -0.25) is 4.79 Å². The van der Waals surface area contributed by atoms with E-state index in [9.17, 15) is 14.9 Å². The molecule has 176 valence electrons. The summed E-state index contributed by atoms with van der Waals surface area (Å²) >= 11 is 0. The van der Waals surface area contributed by atoms with Gasteiger partial charge in [0, 0.05) is 42.5 Å². The van der Waals surface area contributed by atoms with Crippen molar-refractivity contribution in [3.05, 3.63) is 83.8 Å². The molecule has 8 nitrogen and oxygen atoms in total. The number of pyridine rings is 1. The third-order valence-corrected chi connectivity index (χ3v) is 6.00. The molecule has 0 saturated carbocycles. The molecule has 2 heterocycles. The van der Waals surface area contributed by atoms with E-state index >= 15 is 0 Å². The lowest BCUT2D eigenvalue weighted by Gasteiger charge is -2.17. The molecule has 0 saturated heterocycles.